The van der Waals surface area contributed by atoms with E-state index in [-0.39, 0.29) is 11.9 Å². The molecule has 18 heavy (non-hydrogen) atoms. The molecule has 2 N–H and O–H groups in total. The third kappa shape index (κ3) is 4.25. The largest absolute Gasteiger partial charge is 0.355 e. The van der Waals surface area contributed by atoms with Crippen molar-refractivity contribution in [2.45, 2.75) is 52.1 Å². The molecule has 1 aliphatic rings. The maximum Gasteiger partial charge on any atom is 0.237 e. The Kier molecular flexibility index (Phi) is 6.65. The fraction of sp³-hybridized carbons (Fsp3) is 0.929. The van der Waals surface area contributed by atoms with Gasteiger partial charge in [0.15, 0.2) is 0 Å². The molecule has 0 aromatic carbocycles. The lowest BCUT2D eigenvalue weighted by Gasteiger charge is -2.38. The average molecular weight is 255 g/mol. The fourth-order valence-electron chi connectivity index (χ4n) is 2.60. The van der Waals surface area contributed by atoms with Gasteiger partial charge in [0, 0.05) is 19.1 Å². The Labute approximate surface area is 111 Å². The monoisotopic (exact) mass is 255 g/mol. The molecule has 0 bridgehead atoms. The molecule has 1 saturated heterocycles. The number of likely N-dealkylation sites (tertiary alicyclic amines) is 1. The number of hydrogen-bond acceptors (Lipinski definition) is 3. The van der Waals surface area contributed by atoms with Crippen LogP contribution in [0.2, 0.25) is 0 Å². The van der Waals surface area contributed by atoms with E-state index in [1.54, 1.807) is 0 Å². The molecule has 1 fully saturated rings. The minimum atomic E-state index is 0.00315. The highest BCUT2D eigenvalue weighted by atomic mass is 16.2. The van der Waals surface area contributed by atoms with Gasteiger partial charge in [-0.1, -0.05) is 6.92 Å². The summed E-state index contributed by atoms with van der Waals surface area (Å²) in [6, 6.07) is 0.530. The number of nitrogens with zero attached hydrogens (tertiary/aromatic N) is 1. The van der Waals surface area contributed by atoms with E-state index in [0.717, 1.165) is 26.1 Å². The highest BCUT2D eigenvalue weighted by Crippen LogP contribution is 2.21. The van der Waals surface area contributed by atoms with Gasteiger partial charge in [0.05, 0.1) is 6.04 Å². The highest BCUT2D eigenvalue weighted by molar-refractivity contribution is 5.81. The van der Waals surface area contributed by atoms with Gasteiger partial charge >= 0.3 is 0 Å². The predicted molar refractivity (Wildman–Crippen MR) is 75.6 cm³/mol. The van der Waals surface area contributed by atoms with Gasteiger partial charge in [-0.2, -0.15) is 0 Å². The molecule has 0 saturated carbocycles. The molecule has 0 aliphatic carbocycles. The molecule has 106 valence electrons. The molecule has 1 aliphatic heterocycles. The summed E-state index contributed by atoms with van der Waals surface area (Å²) in [5.41, 5.74) is 0. The Morgan fingerprint density at radius 1 is 1.44 bits per heavy atom. The van der Waals surface area contributed by atoms with Gasteiger partial charge in [0.25, 0.3) is 0 Å². The zero-order valence-electron chi connectivity index (χ0n) is 12.3. The molecule has 0 radical (unpaired) electrons. The van der Waals surface area contributed by atoms with Crippen molar-refractivity contribution in [3.05, 3.63) is 0 Å². The molecule has 3 unspecified atom stereocenters. The van der Waals surface area contributed by atoms with Crippen molar-refractivity contribution >= 4 is 5.91 Å². The van der Waals surface area contributed by atoms with E-state index in [1.165, 1.54) is 12.8 Å². The van der Waals surface area contributed by atoms with E-state index in [1.807, 2.05) is 14.0 Å². The molecule has 1 heterocycles. The molecule has 4 heteroatoms. The Bertz CT molecular complexity index is 257. The van der Waals surface area contributed by atoms with Crippen LogP contribution in [0.4, 0.5) is 0 Å². The standard InChI is InChI=1S/C14H29N3O/c1-5-8-16-14(18)12(3)17-9-6-7-13(10-17)11(2)15-4/h11-13,15H,5-10H2,1-4H3,(H,16,18). The Balaban J connectivity index is 2.47. The molecule has 0 aromatic heterocycles. The number of carbonyl (C=O) groups excluding carboxylic acids is 1. The predicted octanol–water partition coefficient (Wildman–Crippen LogP) is 1.22. The van der Waals surface area contributed by atoms with Crippen LogP contribution in [0.25, 0.3) is 0 Å². The van der Waals surface area contributed by atoms with E-state index in [2.05, 4.69) is 29.4 Å². The number of rotatable bonds is 6. The minimum absolute atomic E-state index is 0.00315. The van der Waals surface area contributed by atoms with E-state index >= 15 is 0 Å². The summed E-state index contributed by atoms with van der Waals surface area (Å²) in [4.78, 5) is 14.3. The van der Waals surface area contributed by atoms with Crippen LogP contribution >= 0.6 is 0 Å². The quantitative estimate of drug-likeness (QED) is 0.750. The number of nitrogens with one attached hydrogen (secondary N) is 2. The van der Waals surface area contributed by atoms with E-state index in [9.17, 15) is 4.79 Å². The third-order valence-electron chi connectivity index (χ3n) is 4.13. The van der Waals surface area contributed by atoms with Crippen LogP contribution in [0.3, 0.4) is 0 Å². The first kappa shape index (κ1) is 15.4. The Hall–Kier alpha value is -0.610. The summed E-state index contributed by atoms with van der Waals surface area (Å²) in [6.45, 7) is 9.20. The van der Waals surface area contributed by atoms with Gasteiger partial charge in [-0.25, -0.2) is 0 Å². The topological polar surface area (TPSA) is 44.4 Å². The molecule has 1 rings (SSSR count). The summed E-state index contributed by atoms with van der Waals surface area (Å²) in [5, 5.41) is 6.32. The lowest BCUT2D eigenvalue weighted by molar-refractivity contribution is -0.126. The molecule has 0 aromatic rings. The molecule has 1 amide bonds. The smallest absolute Gasteiger partial charge is 0.237 e. The number of amides is 1. The maximum absolute atomic E-state index is 12.0. The zero-order chi connectivity index (χ0) is 13.5. The van der Waals surface area contributed by atoms with Gasteiger partial charge < -0.3 is 10.6 Å². The van der Waals surface area contributed by atoms with Crippen molar-refractivity contribution in [2.75, 3.05) is 26.7 Å². The maximum atomic E-state index is 12.0. The van der Waals surface area contributed by atoms with Crippen LogP contribution in [0.15, 0.2) is 0 Å². The molecule has 3 atom stereocenters. The first-order valence-electron chi connectivity index (χ1n) is 7.29. The lowest BCUT2D eigenvalue weighted by Crippen LogP contribution is -2.51. The van der Waals surface area contributed by atoms with Crippen molar-refractivity contribution in [1.82, 2.24) is 15.5 Å². The second-order valence-corrected chi connectivity index (χ2v) is 5.44. The van der Waals surface area contributed by atoms with Crippen molar-refractivity contribution in [3.63, 3.8) is 0 Å². The van der Waals surface area contributed by atoms with Gasteiger partial charge in [-0.05, 0) is 52.6 Å². The van der Waals surface area contributed by atoms with Crippen LogP contribution in [0.1, 0.15) is 40.0 Å². The van der Waals surface area contributed by atoms with Crippen LogP contribution in [0.5, 0.6) is 0 Å². The number of carbonyl (C=O) groups is 1. The molecular formula is C14H29N3O. The van der Waals surface area contributed by atoms with Crippen LogP contribution in [-0.4, -0.2) is 49.6 Å². The SMILES string of the molecule is CCCNC(=O)C(C)N1CCCC(C(C)NC)C1. The van der Waals surface area contributed by atoms with Crippen molar-refractivity contribution in [3.8, 4) is 0 Å². The lowest BCUT2D eigenvalue weighted by atomic mass is 9.91. The highest BCUT2D eigenvalue weighted by Gasteiger charge is 2.29. The van der Waals surface area contributed by atoms with Crippen LogP contribution in [-0.2, 0) is 4.79 Å². The summed E-state index contributed by atoms with van der Waals surface area (Å²) < 4.78 is 0. The zero-order valence-corrected chi connectivity index (χ0v) is 12.3. The van der Waals surface area contributed by atoms with Crippen molar-refractivity contribution in [2.24, 2.45) is 5.92 Å². The van der Waals surface area contributed by atoms with Gasteiger partial charge in [-0.15, -0.1) is 0 Å². The van der Waals surface area contributed by atoms with E-state index < -0.39 is 0 Å². The van der Waals surface area contributed by atoms with Gasteiger partial charge in [0.1, 0.15) is 0 Å². The summed E-state index contributed by atoms with van der Waals surface area (Å²) in [7, 11) is 2.01. The first-order chi connectivity index (χ1) is 8.60. The fourth-order valence-corrected chi connectivity index (χ4v) is 2.60. The Morgan fingerprint density at radius 3 is 2.78 bits per heavy atom. The second-order valence-electron chi connectivity index (χ2n) is 5.44. The summed E-state index contributed by atoms with van der Waals surface area (Å²) in [5.74, 6) is 0.833. The number of hydrogen-bond donors (Lipinski definition) is 2. The first-order valence-corrected chi connectivity index (χ1v) is 7.29. The molecule has 0 spiro atoms. The minimum Gasteiger partial charge on any atom is -0.355 e. The number of piperidine rings is 1. The van der Waals surface area contributed by atoms with Gasteiger partial charge in [-0.3, -0.25) is 9.69 Å². The molecule has 4 nitrogen and oxygen atoms in total. The van der Waals surface area contributed by atoms with Crippen molar-refractivity contribution < 1.29 is 4.79 Å². The van der Waals surface area contributed by atoms with E-state index in [0.29, 0.717) is 12.0 Å². The normalized spacial score (nSPS) is 24.6. The summed E-state index contributed by atoms with van der Waals surface area (Å²) in [6.07, 6.45) is 3.46. The summed E-state index contributed by atoms with van der Waals surface area (Å²) >= 11 is 0. The van der Waals surface area contributed by atoms with Crippen LogP contribution in [0, 0.1) is 5.92 Å². The molecular weight excluding hydrogens is 226 g/mol. The third-order valence-corrected chi connectivity index (χ3v) is 4.13. The van der Waals surface area contributed by atoms with Crippen molar-refractivity contribution in [1.29, 1.82) is 0 Å². The van der Waals surface area contributed by atoms with E-state index in [4.69, 9.17) is 0 Å². The van der Waals surface area contributed by atoms with Gasteiger partial charge in [0.2, 0.25) is 5.91 Å². The Morgan fingerprint density at radius 2 is 2.17 bits per heavy atom. The van der Waals surface area contributed by atoms with Crippen LogP contribution < -0.4 is 10.6 Å². The average Bonchev–Trinajstić information content (AvgIpc) is 2.43. The second kappa shape index (κ2) is 7.74.